The first-order chi connectivity index (χ1) is 13.5. The van der Waals surface area contributed by atoms with Gasteiger partial charge in [0.15, 0.2) is 5.96 Å². The Morgan fingerprint density at radius 2 is 1.83 bits per heavy atom. The fourth-order valence-electron chi connectivity index (χ4n) is 2.97. The van der Waals surface area contributed by atoms with Gasteiger partial charge in [0.1, 0.15) is 5.01 Å². The van der Waals surface area contributed by atoms with Gasteiger partial charge in [0, 0.05) is 30.2 Å². The van der Waals surface area contributed by atoms with Crippen LogP contribution < -0.4 is 10.6 Å². The molecule has 8 heteroatoms. The third kappa shape index (κ3) is 5.79. The van der Waals surface area contributed by atoms with Crippen LogP contribution in [0.5, 0.6) is 0 Å². The maximum Gasteiger partial charge on any atom is 0.191 e. The molecule has 0 saturated carbocycles. The van der Waals surface area contributed by atoms with Crippen LogP contribution in [0, 0.1) is 13.8 Å². The highest BCUT2D eigenvalue weighted by Crippen LogP contribution is 2.18. The first kappa shape index (κ1) is 23.3. The van der Waals surface area contributed by atoms with E-state index in [0.717, 1.165) is 33.7 Å². The predicted octanol–water partition coefficient (Wildman–Crippen LogP) is 4.55. The molecule has 0 bridgehead atoms. The summed E-state index contributed by atoms with van der Waals surface area (Å²) in [6.07, 6.45) is 0. The van der Waals surface area contributed by atoms with E-state index >= 15 is 0 Å². The lowest BCUT2D eigenvalue weighted by atomic mass is 10.2. The lowest BCUT2D eigenvalue weighted by Gasteiger charge is -2.11. The molecule has 2 heterocycles. The van der Waals surface area contributed by atoms with Crippen molar-refractivity contribution in [1.82, 2.24) is 25.4 Å². The monoisotopic (exact) mass is 524 g/mol. The fraction of sp³-hybridized carbons (Fsp3) is 0.381. The van der Waals surface area contributed by atoms with Crippen LogP contribution >= 0.6 is 35.3 Å². The van der Waals surface area contributed by atoms with Crippen molar-refractivity contribution in [3.63, 3.8) is 0 Å². The number of aromatic nitrogens is 3. The van der Waals surface area contributed by atoms with Gasteiger partial charge in [0.25, 0.3) is 0 Å². The Hall–Kier alpha value is -1.94. The van der Waals surface area contributed by atoms with Crippen LogP contribution in [0.3, 0.4) is 0 Å². The molecule has 156 valence electrons. The first-order valence-corrected chi connectivity index (χ1v) is 10.4. The van der Waals surface area contributed by atoms with E-state index in [1.54, 1.807) is 18.4 Å². The molecule has 0 aliphatic carbocycles. The molecule has 0 fully saturated rings. The topological polar surface area (TPSA) is 67.1 Å². The van der Waals surface area contributed by atoms with Gasteiger partial charge < -0.3 is 10.6 Å². The molecular weight excluding hydrogens is 495 g/mol. The van der Waals surface area contributed by atoms with Crippen LogP contribution in [0.1, 0.15) is 47.4 Å². The number of rotatable bonds is 6. The molecule has 0 unspecified atom stereocenters. The molecule has 0 spiro atoms. The molecule has 6 nitrogen and oxygen atoms in total. The second-order valence-corrected chi connectivity index (χ2v) is 7.94. The minimum absolute atomic E-state index is 0. The van der Waals surface area contributed by atoms with Crippen molar-refractivity contribution in [3.8, 4) is 5.69 Å². The maximum atomic E-state index is 4.71. The average Bonchev–Trinajstić information content (AvgIpc) is 3.28. The molecule has 0 aliphatic heterocycles. The van der Waals surface area contributed by atoms with Crippen molar-refractivity contribution in [3.05, 3.63) is 63.4 Å². The molecule has 0 radical (unpaired) electrons. The van der Waals surface area contributed by atoms with E-state index in [-0.39, 0.29) is 24.0 Å². The molecule has 0 aliphatic rings. The molecule has 3 rings (SSSR count). The molecule has 29 heavy (non-hydrogen) atoms. The number of hydrogen-bond acceptors (Lipinski definition) is 4. The maximum absolute atomic E-state index is 4.71. The largest absolute Gasteiger partial charge is 0.352 e. The lowest BCUT2D eigenvalue weighted by molar-refractivity contribution is 0.781. The van der Waals surface area contributed by atoms with Crippen LogP contribution in [-0.2, 0) is 13.1 Å². The SMILES string of the molecule is CN=C(NCc1nc(C(C)C)cs1)NCc1c(C)nn(-c2ccccc2)c1C.I. The number of benzene rings is 1. The summed E-state index contributed by atoms with van der Waals surface area (Å²) in [5, 5.41) is 14.6. The molecule has 0 saturated heterocycles. The molecule has 0 atom stereocenters. The minimum Gasteiger partial charge on any atom is -0.352 e. The summed E-state index contributed by atoms with van der Waals surface area (Å²) in [6, 6.07) is 10.2. The fourth-order valence-corrected chi connectivity index (χ4v) is 3.87. The van der Waals surface area contributed by atoms with Gasteiger partial charge >= 0.3 is 0 Å². The van der Waals surface area contributed by atoms with Gasteiger partial charge in [-0.2, -0.15) is 5.10 Å². The van der Waals surface area contributed by atoms with Gasteiger partial charge in [-0.15, -0.1) is 35.3 Å². The third-order valence-corrected chi connectivity index (χ3v) is 5.53. The Kier molecular flexibility index (Phi) is 8.63. The van der Waals surface area contributed by atoms with E-state index in [4.69, 9.17) is 5.10 Å². The van der Waals surface area contributed by atoms with E-state index in [9.17, 15) is 0 Å². The third-order valence-electron chi connectivity index (χ3n) is 4.67. The second-order valence-electron chi connectivity index (χ2n) is 7.00. The number of nitrogens with one attached hydrogen (secondary N) is 2. The van der Waals surface area contributed by atoms with Gasteiger partial charge in [0.2, 0.25) is 0 Å². The van der Waals surface area contributed by atoms with Gasteiger partial charge in [-0.3, -0.25) is 4.99 Å². The van der Waals surface area contributed by atoms with Crippen LogP contribution in [0.2, 0.25) is 0 Å². The summed E-state index contributed by atoms with van der Waals surface area (Å²) >= 11 is 1.68. The molecule has 2 aromatic heterocycles. The lowest BCUT2D eigenvalue weighted by Crippen LogP contribution is -2.36. The number of para-hydroxylation sites is 1. The van der Waals surface area contributed by atoms with Gasteiger partial charge in [0.05, 0.1) is 23.6 Å². The van der Waals surface area contributed by atoms with Crippen molar-refractivity contribution in [2.24, 2.45) is 4.99 Å². The number of halogens is 1. The normalized spacial score (nSPS) is 11.4. The zero-order valence-electron chi connectivity index (χ0n) is 17.6. The molecule has 0 amide bonds. The van der Waals surface area contributed by atoms with E-state index in [0.29, 0.717) is 19.0 Å². The van der Waals surface area contributed by atoms with Crippen molar-refractivity contribution < 1.29 is 0 Å². The van der Waals surface area contributed by atoms with Crippen molar-refractivity contribution >= 4 is 41.3 Å². The molecule has 1 aromatic carbocycles. The van der Waals surface area contributed by atoms with Crippen LogP contribution in [0.25, 0.3) is 5.69 Å². The van der Waals surface area contributed by atoms with Gasteiger partial charge in [-0.1, -0.05) is 32.0 Å². The Morgan fingerprint density at radius 1 is 1.14 bits per heavy atom. The number of aryl methyl sites for hydroxylation is 1. The zero-order valence-corrected chi connectivity index (χ0v) is 20.7. The molecular formula is C21H29IN6S. The van der Waals surface area contributed by atoms with Gasteiger partial charge in [-0.05, 0) is 31.9 Å². The predicted molar refractivity (Wildman–Crippen MR) is 132 cm³/mol. The summed E-state index contributed by atoms with van der Waals surface area (Å²) in [4.78, 5) is 8.99. The number of guanidine groups is 1. The average molecular weight is 524 g/mol. The van der Waals surface area contributed by atoms with E-state index in [1.165, 1.54) is 5.56 Å². The number of hydrogen-bond donors (Lipinski definition) is 2. The first-order valence-electron chi connectivity index (χ1n) is 9.49. The van der Waals surface area contributed by atoms with Crippen molar-refractivity contribution in [2.45, 2.75) is 46.7 Å². The minimum atomic E-state index is 0. The summed E-state index contributed by atoms with van der Waals surface area (Å²) < 4.78 is 1.99. The second kappa shape index (κ2) is 10.7. The smallest absolute Gasteiger partial charge is 0.191 e. The highest BCUT2D eigenvalue weighted by atomic mass is 127. The number of thiazole rings is 1. The summed E-state index contributed by atoms with van der Waals surface area (Å²) in [5.41, 5.74) is 5.55. The summed E-state index contributed by atoms with van der Waals surface area (Å²) in [6.45, 7) is 9.80. The highest BCUT2D eigenvalue weighted by Gasteiger charge is 2.13. The van der Waals surface area contributed by atoms with Crippen LogP contribution in [0.15, 0.2) is 40.7 Å². The van der Waals surface area contributed by atoms with E-state index < -0.39 is 0 Å². The Bertz CT molecular complexity index is 945. The standard InChI is InChI=1S/C21H28N6S.HI/c1-14(2)19-13-28-20(25-19)12-24-21(22-5)23-11-18-15(3)26-27(16(18)4)17-9-7-6-8-10-17;/h6-10,13-14H,11-12H2,1-5H3,(H2,22,23,24);1H. The molecule has 2 N–H and O–H groups in total. The van der Waals surface area contributed by atoms with E-state index in [2.05, 4.69) is 58.9 Å². The van der Waals surface area contributed by atoms with Crippen LogP contribution in [-0.4, -0.2) is 27.8 Å². The van der Waals surface area contributed by atoms with Crippen molar-refractivity contribution in [1.29, 1.82) is 0 Å². The van der Waals surface area contributed by atoms with Crippen molar-refractivity contribution in [2.75, 3.05) is 7.05 Å². The Morgan fingerprint density at radius 3 is 2.45 bits per heavy atom. The number of nitrogens with zero attached hydrogens (tertiary/aromatic N) is 4. The zero-order chi connectivity index (χ0) is 20.1. The van der Waals surface area contributed by atoms with E-state index in [1.807, 2.05) is 29.8 Å². The van der Waals surface area contributed by atoms with Gasteiger partial charge in [-0.25, -0.2) is 9.67 Å². The van der Waals surface area contributed by atoms with Crippen LogP contribution in [0.4, 0.5) is 0 Å². The molecule has 3 aromatic rings. The summed E-state index contributed by atoms with van der Waals surface area (Å²) in [5.74, 6) is 1.21. The quantitative estimate of drug-likeness (QED) is 0.282. The summed E-state index contributed by atoms with van der Waals surface area (Å²) in [7, 11) is 1.78. The highest BCUT2D eigenvalue weighted by molar-refractivity contribution is 14.0. The Labute approximate surface area is 193 Å². The Balaban J connectivity index is 0.00000300. The number of aliphatic imine (C=N–C) groups is 1.